The molecule has 2 aromatic rings. The molecule has 0 fully saturated rings. The zero-order valence-corrected chi connectivity index (χ0v) is 12.7. The van der Waals surface area contributed by atoms with Crippen LogP contribution in [0, 0.1) is 21.4 Å². The Morgan fingerprint density at radius 2 is 2.36 bits per heavy atom. The van der Waals surface area contributed by atoms with Crippen LogP contribution in [-0.2, 0) is 11.3 Å². The van der Waals surface area contributed by atoms with Crippen LogP contribution in [0.5, 0.6) is 0 Å². The van der Waals surface area contributed by atoms with E-state index in [1.807, 2.05) is 6.92 Å². The molecule has 0 radical (unpaired) electrons. The van der Waals surface area contributed by atoms with Gasteiger partial charge in [-0.3, -0.25) is 14.9 Å². The lowest BCUT2D eigenvalue weighted by atomic mass is 10.2. The predicted octanol–water partition coefficient (Wildman–Crippen LogP) is 1.84. The molecule has 0 aliphatic heterocycles. The number of nitrogens with zero attached hydrogens (tertiary/aromatic N) is 4. The number of hydrogen-bond donors (Lipinski definition) is 0. The molecular formula is C13H12N4O4S. The maximum atomic E-state index is 12.0. The first-order valence-electron chi connectivity index (χ1n) is 6.22. The summed E-state index contributed by atoms with van der Waals surface area (Å²) in [5, 5.41) is 22.3. The lowest BCUT2D eigenvalue weighted by molar-refractivity contribution is -0.385. The molecule has 0 aliphatic carbocycles. The van der Waals surface area contributed by atoms with E-state index in [1.54, 1.807) is 18.6 Å². The fourth-order valence-electron chi connectivity index (χ4n) is 1.77. The topological polar surface area (TPSA) is 111 Å². The Bertz CT molecular complexity index is 805. The molecule has 8 nitrogen and oxygen atoms in total. The summed E-state index contributed by atoms with van der Waals surface area (Å²) < 4.78 is 6.28. The molecule has 0 spiro atoms. The second-order valence-corrected chi connectivity index (χ2v) is 5.36. The quantitative estimate of drug-likeness (QED) is 0.614. The van der Waals surface area contributed by atoms with E-state index < -0.39 is 10.5 Å². The van der Waals surface area contributed by atoms with Gasteiger partial charge in [-0.2, -0.15) is 5.26 Å². The highest BCUT2D eigenvalue weighted by Crippen LogP contribution is 2.21. The maximum absolute atomic E-state index is 12.0. The average molecular weight is 320 g/mol. The molecule has 22 heavy (non-hydrogen) atoms. The smallest absolute Gasteiger partial charge is 0.287 e. The predicted molar refractivity (Wildman–Crippen MR) is 78.7 cm³/mol. The Morgan fingerprint density at radius 1 is 1.64 bits per heavy atom. The fraction of sp³-hybridized carbons (Fsp3) is 0.308. The van der Waals surface area contributed by atoms with Crippen LogP contribution in [0.2, 0.25) is 0 Å². The lowest BCUT2D eigenvalue weighted by Crippen LogP contribution is -2.23. The van der Waals surface area contributed by atoms with E-state index in [0.717, 1.165) is 21.8 Å². The zero-order chi connectivity index (χ0) is 16.3. The van der Waals surface area contributed by atoms with E-state index in [9.17, 15) is 14.9 Å². The summed E-state index contributed by atoms with van der Waals surface area (Å²) in [5.74, 6) is 0. The van der Waals surface area contributed by atoms with Crippen molar-refractivity contribution in [1.82, 2.24) is 9.55 Å². The molecular weight excluding hydrogens is 308 g/mol. The molecule has 1 atom stereocenters. The largest absolute Gasteiger partial charge is 0.375 e. The number of nitriles is 1. The minimum Gasteiger partial charge on any atom is -0.375 e. The van der Waals surface area contributed by atoms with Crippen LogP contribution in [0.15, 0.2) is 22.4 Å². The van der Waals surface area contributed by atoms with Crippen molar-refractivity contribution in [3.63, 3.8) is 0 Å². The van der Waals surface area contributed by atoms with Crippen molar-refractivity contribution in [3.8, 4) is 6.07 Å². The van der Waals surface area contributed by atoms with Crippen LogP contribution >= 0.6 is 11.3 Å². The van der Waals surface area contributed by atoms with Gasteiger partial charge in [0.05, 0.1) is 23.4 Å². The highest BCUT2D eigenvalue weighted by atomic mass is 32.1. The Labute approximate surface area is 129 Å². The third kappa shape index (κ3) is 3.19. The van der Waals surface area contributed by atoms with Gasteiger partial charge in [0.15, 0.2) is 0 Å². The monoisotopic (exact) mass is 320 g/mol. The van der Waals surface area contributed by atoms with E-state index in [1.165, 1.54) is 11.3 Å². The fourth-order valence-corrected chi connectivity index (χ4v) is 2.62. The van der Waals surface area contributed by atoms with Gasteiger partial charge in [-0.25, -0.2) is 4.98 Å². The van der Waals surface area contributed by atoms with Crippen molar-refractivity contribution in [3.05, 3.63) is 54.4 Å². The summed E-state index contributed by atoms with van der Waals surface area (Å²) in [6, 6.07) is 2.64. The van der Waals surface area contributed by atoms with E-state index in [2.05, 4.69) is 4.98 Å². The first kappa shape index (κ1) is 15.8. The molecule has 0 N–H and O–H groups in total. The van der Waals surface area contributed by atoms with E-state index in [0.29, 0.717) is 5.69 Å². The second-order valence-electron chi connectivity index (χ2n) is 4.47. The molecule has 0 bridgehead atoms. The van der Waals surface area contributed by atoms with Crippen LogP contribution in [0.4, 0.5) is 5.69 Å². The van der Waals surface area contributed by atoms with Gasteiger partial charge in [0, 0.05) is 18.6 Å². The van der Waals surface area contributed by atoms with Gasteiger partial charge >= 0.3 is 0 Å². The lowest BCUT2D eigenvalue weighted by Gasteiger charge is -2.05. The Hall–Kier alpha value is -2.57. The number of pyridine rings is 1. The number of thiazole rings is 1. The second kappa shape index (κ2) is 6.46. The number of aromatic nitrogens is 2. The van der Waals surface area contributed by atoms with Gasteiger partial charge in [-0.1, -0.05) is 0 Å². The molecule has 0 amide bonds. The Morgan fingerprint density at radius 3 is 2.95 bits per heavy atom. The number of nitro groups is 1. The van der Waals surface area contributed by atoms with Crippen molar-refractivity contribution in [2.24, 2.45) is 0 Å². The molecule has 0 aliphatic rings. The third-order valence-electron chi connectivity index (χ3n) is 3.01. The van der Waals surface area contributed by atoms with E-state index in [4.69, 9.17) is 10.00 Å². The Balaban J connectivity index is 2.39. The van der Waals surface area contributed by atoms with Gasteiger partial charge < -0.3 is 9.30 Å². The zero-order valence-electron chi connectivity index (χ0n) is 11.8. The van der Waals surface area contributed by atoms with Crippen LogP contribution in [-0.4, -0.2) is 21.6 Å². The standard InChI is InChI=1S/C13H12N4O4S/c1-8(21-2)12-15-10(7-22-12)5-16-6-11(17(19)20)3-9(4-14)13(16)18/h3,6-8H,5H2,1-2H3/t8-/m0/s1. The number of ether oxygens (including phenoxy) is 1. The highest BCUT2D eigenvalue weighted by molar-refractivity contribution is 7.09. The minimum absolute atomic E-state index is 0.0577. The van der Waals surface area contributed by atoms with Crippen LogP contribution in [0.25, 0.3) is 0 Å². The molecule has 0 saturated heterocycles. The van der Waals surface area contributed by atoms with Gasteiger partial charge in [0.2, 0.25) is 0 Å². The van der Waals surface area contributed by atoms with Crippen LogP contribution in [0.1, 0.15) is 29.3 Å². The summed E-state index contributed by atoms with van der Waals surface area (Å²) in [5.41, 5.74) is -0.579. The van der Waals surface area contributed by atoms with Gasteiger partial charge in [0.25, 0.3) is 11.2 Å². The van der Waals surface area contributed by atoms with E-state index >= 15 is 0 Å². The summed E-state index contributed by atoms with van der Waals surface area (Å²) in [7, 11) is 1.57. The first-order valence-corrected chi connectivity index (χ1v) is 7.10. The SMILES string of the molecule is CO[C@@H](C)c1nc(Cn2cc([N+](=O)[O-])cc(C#N)c2=O)cs1. The molecule has 0 unspecified atom stereocenters. The average Bonchev–Trinajstić information content (AvgIpc) is 2.96. The van der Waals surface area contributed by atoms with Gasteiger partial charge in [-0.05, 0) is 6.92 Å². The van der Waals surface area contributed by atoms with Gasteiger partial charge in [0.1, 0.15) is 22.7 Å². The summed E-state index contributed by atoms with van der Waals surface area (Å²) >= 11 is 1.38. The van der Waals surface area contributed by atoms with Crippen molar-refractivity contribution < 1.29 is 9.66 Å². The maximum Gasteiger partial charge on any atom is 0.287 e. The van der Waals surface area contributed by atoms with Crippen molar-refractivity contribution in [1.29, 1.82) is 5.26 Å². The number of methoxy groups -OCH3 is 1. The van der Waals surface area contributed by atoms with Crippen molar-refractivity contribution in [2.45, 2.75) is 19.6 Å². The molecule has 2 rings (SSSR count). The molecule has 2 heterocycles. The molecule has 2 aromatic heterocycles. The van der Waals surface area contributed by atoms with E-state index in [-0.39, 0.29) is 23.9 Å². The first-order chi connectivity index (χ1) is 10.5. The number of hydrogen-bond acceptors (Lipinski definition) is 7. The van der Waals surface area contributed by atoms with Crippen molar-refractivity contribution >= 4 is 17.0 Å². The Kier molecular flexibility index (Phi) is 4.65. The molecule has 0 aromatic carbocycles. The molecule has 9 heteroatoms. The summed E-state index contributed by atoms with van der Waals surface area (Å²) in [4.78, 5) is 26.6. The highest BCUT2D eigenvalue weighted by Gasteiger charge is 2.15. The normalized spacial score (nSPS) is 11.9. The number of rotatable bonds is 5. The molecule has 114 valence electrons. The van der Waals surface area contributed by atoms with Crippen molar-refractivity contribution in [2.75, 3.05) is 7.11 Å². The minimum atomic E-state index is -0.643. The van der Waals surface area contributed by atoms with Crippen LogP contribution in [0.3, 0.4) is 0 Å². The summed E-state index contributed by atoms with van der Waals surface area (Å²) in [6.07, 6.45) is 0.942. The van der Waals surface area contributed by atoms with Gasteiger partial charge in [-0.15, -0.1) is 11.3 Å². The molecule has 0 saturated carbocycles. The third-order valence-corrected chi connectivity index (χ3v) is 4.06. The summed E-state index contributed by atoms with van der Waals surface area (Å²) in [6.45, 7) is 1.90. The van der Waals surface area contributed by atoms with Crippen LogP contribution < -0.4 is 5.56 Å².